The van der Waals surface area contributed by atoms with Gasteiger partial charge in [0, 0.05) is 0 Å². The maximum absolute atomic E-state index is 5.49. The molecule has 4 nitrogen and oxygen atoms in total. The van der Waals surface area contributed by atoms with E-state index in [4.69, 9.17) is 13.9 Å². The first-order valence-electron chi connectivity index (χ1n) is 6.05. The number of fused-ring (bicyclic) bond motifs is 1. The van der Waals surface area contributed by atoms with Gasteiger partial charge in [0.15, 0.2) is 11.5 Å². The second kappa shape index (κ2) is 4.72. The number of ether oxygens (including phenoxy) is 2. The van der Waals surface area contributed by atoms with Crippen LogP contribution in [0.5, 0.6) is 11.5 Å². The molecule has 4 heteroatoms. The van der Waals surface area contributed by atoms with Crippen molar-refractivity contribution in [2.24, 2.45) is 0 Å². The molecule has 2 heterocycles. The molecule has 19 heavy (non-hydrogen) atoms. The molecule has 1 N–H and O–H groups in total. The lowest BCUT2D eigenvalue weighted by Gasteiger charge is -2.23. The molecule has 0 unspecified atom stereocenters. The number of hydrogen-bond acceptors (Lipinski definition) is 4. The van der Waals surface area contributed by atoms with Gasteiger partial charge in [-0.1, -0.05) is 0 Å². The fourth-order valence-electron chi connectivity index (χ4n) is 2.32. The summed E-state index contributed by atoms with van der Waals surface area (Å²) in [4.78, 5) is 0. The molecule has 1 aromatic carbocycles. The number of methoxy groups -OCH3 is 2. The third-order valence-corrected chi connectivity index (χ3v) is 3.25. The zero-order valence-electron chi connectivity index (χ0n) is 10.8. The van der Waals surface area contributed by atoms with Crippen molar-refractivity contribution in [2.45, 2.75) is 6.04 Å². The second-order valence-corrected chi connectivity index (χ2v) is 4.28. The average Bonchev–Trinajstić information content (AvgIpc) is 2.99. The molecule has 98 valence electrons. The van der Waals surface area contributed by atoms with Gasteiger partial charge in [0.2, 0.25) is 0 Å². The van der Waals surface area contributed by atoms with Gasteiger partial charge >= 0.3 is 0 Å². The van der Waals surface area contributed by atoms with Crippen LogP contribution < -0.4 is 14.8 Å². The monoisotopic (exact) mass is 257 g/mol. The molecule has 1 aliphatic rings. The van der Waals surface area contributed by atoms with Crippen molar-refractivity contribution in [3.05, 3.63) is 53.6 Å². The normalized spacial score (nSPS) is 16.6. The Morgan fingerprint density at radius 2 is 1.95 bits per heavy atom. The molecule has 3 rings (SSSR count). The molecule has 0 saturated heterocycles. The van der Waals surface area contributed by atoms with E-state index < -0.39 is 0 Å². The highest BCUT2D eigenvalue weighted by Crippen LogP contribution is 2.37. The van der Waals surface area contributed by atoms with Gasteiger partial charge < -0.3 is 19.2 Å². The Morgan fingerprint density at radius 1 is 1.16 bits per heavy atom. The maximum Gasteiger partial charge on any atom is 0.161 e. The summed E-state index contributed by atoms with van der Waals surface area (Å²) in [6.45, 7) is 0. The second-order valence-electron chi connectivity index (χ2n) is 4.28. The van der Waals surface area contributed by atoms with Gasteiger partial charge in [0.05, 0.1) is 20.5 Å². The third-order valence-electron chi connectivity index (χ3n) is 3.25. The third kappa shape index (κ3) is 1.95. The van der Waals surface area contributed by atoms with Gasteiger partial charge in [-0.3, -0.25) is 0 Å². The molecule has 0 aliphatic carbocycles. The van der Waals surface area contributed by atoms with Crippen molar-refractivity contribution in [1.82, 2.24) is 5.32 Å². The van der Waals surface area contributed by atoms with E-state index in [2.05, 4.69) is 5.32 Å². The molecule has 0 saturated carbocycles. The first-order chi connectivity index (χ1) is 9.33. The van der Waals surface area contributed by atoms with Crippen LogP contribution >= 0.6 is 0 Å². The zero-order chi connectivity index (χ0) is 13.2. The molecular formula is C15H15NO3. The van der Waals surface area contributed by atoms with E-state index in [0.29, 0.717) is 0 Å². The quantitative estimate of drug-likeness (QED) is 0.918. The summed E-state index contributed by atoms with van der Waals surface area (Å²) in [7, 11) is 3.28. The summed E-state index contributed by atoms with van der Waals surface area (Å²) in [6.07, 6.45) is 5.61. The Labute approximate surface area is 111 Å². The van der Waals surface area contributed by atoms with Crippen molar-refractivity contribution >= 4 is 6.08 Å². The van der Waals surface area contributed by atoms with Gasteiger partial charge in [-0.15, -0.1) is 0 Å². The van der Waals surface area contributed by atoms with E-state index in [0.717, 1.165) is 28.4 Å². The number of benzene rings is 1. The standard InChI is InChI=1S/C15H15NO3/c1-17-13-8-10-5-6-16-15(12-4-3-7-19-12)11(10)9-14(13)18-2/h3-9,15-16H,1-2H3/t15-/m1/s1. The maximum atomic E-state index is 5.49. The lowest BCUT2D eigenvalue weighted by Crippen LogP contribution is -2.20. The van der Waals surface area contributed by atoms with Gasteiger partial charge in [0.25, 0.3) is 0 Å². The number of rotatable bonds is 3. The Balaban J connectivity index is 2.11. The summed E-state index contributed by atoms with van der Waals surface area (Å²) in [5.74, 6) is 2.32. The summed E-state index contributed by atoms with van der Waals surface area (Å²) in [5.41, 5.74) is 2.20. The Hall–Kier alpha value is -2.36. The number of furan rings is 1. The Bertz CT molecular complexity index is 602. The van der Waals surface area contributed by atoms with Gasteiger partial charge in [-0.25, -0.2) is 0 Å². The van der Waals surface area contributed by atoms with Crippen LogP contribution in [0.15, 0.2) is 41.1 Å². The van der Waals surface area contributed by atoms with Crippen molar-refractivity contribution in [3.63, 3.8) is 0 Å². The fraction of sp³-hybridized carbons (Fsp3) is 0.200. The highest BCUT2D eigenvalue weighted by atomic mass is 16.5. The van der Waals surface area contributed by atoms with Gasteiger partial charge in [-0.2, -0.15) is 0 Å². The molecule has 0 spiro atoms. The molecule has 1 atom stereocenters. The molecule has 1 aromatic heterocycles. The van der Waals surface area contributed by atoms with E-state index in [1.165, 1.54) is 0 Å². The van der Waals surface area contributed by atoms with Crippen LogP contribution in [-0.4, -0.2) is 14.2 Å². The average molecular weight is 257 g/mol. The van der Waals surface area contributed by atoms with E-state index in [1.54, 1.807) is 20.5 Å². The first kappa shape index (κ1) is 11.7. The molecular weight excluding hydrogens is 242 g/mol. The first-order valence-corrected chi connectivity index (χ1v) is 6.05. The van der Waals surface area contributed by atoms with Crippen LogP contribution in [0, 0.1) is 0 Å². The van der Waals surface area contributed by atoms with E-state index in [9.17, 15) is 0 Å². The van der Waals surface area contributed by atoms with Crippen LogP contribution in [-0.2, 0) is 0 Å². The van der Waals surface area contributed by atoms with Crippen LogP contribution in [0.2, 0.25) is 0 Å². The molecule has 0 fully saturated rings. The molecule has 0 bridgehead atoms. The molecule has 0 radical (unpaired) electrons. The highest BCUT2D eigenvalue weighted by molar-refractivity contribution is 5.63. The minimum Gasteiger partial charge on any atom is -0.493 e. The van der Waals surface area contributed by atoms with E-state index in [-0.39, 0.29) is 6.04 Å². The lowest BCUT2D eigenvalue weighted by atomic mass is 9.95. The summed E-state index contributed by atoms with van der Waals surface area (Å²) < 4.78 is 16.2. The van der Waals surface area contributed by atoms with Crippen molar-refractivity contribution in [3.8, 4) is 11.5 Å². The molecule has 0 amide bonds. The molecule has 2 aromatic rings. The molecule has 1 aliphatic heterocycles. The smallest absolute Gasteiger partial charge is 0.161 e. The summed E-state index contributed by atoms with van der Waals surface area (Å²) >= 11 is 0. The Morgan fingerprint density at radius 3 is 2.63 bits per heavy atom. The largest absolute Gasteiger partial charge is 0.493 e. The predicted molar refractivity (Wildman–Crippen MR) is 72.3 cm³/mol. The predicted octanol–water partition coefficient (Wildman–Crippen LogP) is 2.96. The van der Waals surface area contributed by atoms with Crippen LogP contribution in [0.4, 0.5) is 0 Å². The summed E-state index contributed by atoms with van der Waals surface area (Å²) in [6, 6.07) is 7.79. The van der Waals surface area contributed by atoms with Crippen molar-refractivity contribution in [1.29, 1.82) is 0 Å². The minimum atomic E-state index is -0.00481. The SMILES string of the molecule is COc1cc2c(cc1OC)[C@H](c1ccco1)NC=C2. The highest BCUT2D eigenvalue weighted by Gasteiger charge is 2.23. The minimum absolute atomic E-state index is 0.00481. The van der Waals surface area contributed by atoms with E-state index >= 15 is 0 Å². The summed E-state index contributed by atoms with van der Waals surface area (Å²) in [5, 5.41) is 3.30. The van der Waals surface area contributed by atoms with Crippen LogP contribution in [0.1, 0.15) is 22.9 Å². The van der Waals surface area contributed by atoms with E-state index in [1.807, 2.05) is 36.5 Å². The Kier molecular flexibility index (Phi) is 2.91. The lowest BCUT2D eigenvalue weighted by molar-refractivity contribution is 0.353. The van der Waals surface area contributed by atoms with Gasteiger partial charge in [0.1, 0.15) is 11.8 Å². The van der Waals surface area contributed by atoms with Crippen molar-refractivity contribution < 1.29 is 13.9 Å². The fourth-order valence-corrected chi connectivity index (χ4v) is 2.32. The van der Waals surface area contributed by atoms with Crippen LogP contribution in [0.25, 0.3) is 6.08 Å². The number of hydrogen-bond donors (Lipinski definition) is 1. The van der Waals surface area contributed by atoms with Crippen LogP contribution in [0.3, 0.4) is 0 Å². The zero-order valence-corrected chi connectivity index (χ0v) is 10.8. The number of nitrogens with one attached hydrogen (secondary N) is 1. The van der Waals surface area contributed by atoms with Crippen molar-refractivity contribution in [2.75, 3.05) is 14.2 Å². The topological polar surface area (TPSA) is 43.6 Å². The van der Waals surface area contributed by atoms with Gasteiger partial charge in [-0.05, 0) is 47.7 Å².